The van der Waals surface area contributed by atoms with Gasteiger partial charge in [0.05, 0.1) is 11.7 Å². The van der Waals surface area contributed by atoms with Crippen LogP contribution in [0.15, 0.2) is 0 Å². The van der Waals surface area contributed by atoms with E-state index < -0.39 is 0 Å². The predicted octanol–water partition coefficient (Wildman–Crippen LogP) is 2.20. The van der Waals surface area contributed by atoms with E-state index in [0.29, 0.717) is 17.7 Å². The van der Waals surface area contributed by atoms with E-state index in [-0.39, 0.29) is 18.3 Å². The third-order valence-corrected chi connectivity index (χ3v) is 4.74. The third kappa shape index (κ3) is 4.23. The first-order chi connectivity index (χ1) is 10.7. The van der Waals surface area contributed by atoms with Crippen LogP contribution in [0.5, 0.6) is 0 Å². The minimum Gasteiger partial charge on any atom is -0.337 e. The van der Waals surface area contributed by atoms with Crippen molar-refractivity contribution in [2.75, 3.05) is 26.2 Å². The molecule has 6 nitrogen and oxygen atoms in total. The van der Waals surface area contributed by atoms with Crippen molar-refractivity contribution in [3.05, 3.63) is 11.4 Å². The molecule has 1 amide bonds. The second-order valence-electron chi connectivity index (χ2n) is 6.64. The van der Waals surface area contributed by atoms with E-state index in [1.54, 1.807) is 0 Å². The van der Waals surface area contributed by atoms with Gasteiger partial charge in [-0.15, -0.1) is 17.5 Å². The lowest BCUT2D eigenvalue weighted by Crippen LogP contribution is -2.34. The number of carbonyl (C=O) groups is 1. The molecule has 1 aliphatic heterocycles. The van der Waals surface area contributed by atoms with E-state index in [1.807, 2.05) is 16.5 Å². The predicted molar refractivity (Wildman–Crippen MR) is 92.1 cm³/mol. The van der Waals surface area contributed by atoms with Gasteiger partial charge < -0.3 is 10.2 Å². The number of hydrogen-bond acceptors (Lipinski definition) is 4. The largest absolute Gasteiger partial charge is 0.337 e. The molecule has 3 rings (SSSR count). The van der Waals surface area contributed by atoms with Crippen molar-refractivity contribution in [2.24, 2.45) is 5.92 Å². The van der Waals surface area contributed by atoms with Crippen LogP contribution in [0.2, 0.25) is 0 Å². The highest BCUT2D eigenvalue weighted by atomic mass is 35.5. The molecular formula is C16H28ClN5O. The molecule has 1 aromatic rings. The summed E-state index contributed by atoms with van der Waals surface area (Å²) in [5.41, 5.74) is 1.47. The zero-order valence-corrected chi connectivity index (χ0v) is 14.9. The van der Waals surface area contributed by atoms with Crippen LogP contribution in [-0.4, -0.2) is 52.0 Å². The molecule has 1 aliphatic carbocycles. The van der Waals surface area contributed by atoms with Gasteiger partial charge in [0.1, 0.15) is 0 Å². The molecule has 2 fully saturated rings. The van der Waals surface area contributed by atoms with Crippen LogP contribution in [0.25, 0.3) is 0 Å². The Kier molecular flexibility index (Phi) is 6.41. The Labute approximate surface area is 144 Å². The Morgan fingerprint density at radius 3 is 2.61 bits per heavy atom. The van der Waals surface area contributed by atoms with E-state index in [1.165, 1.54) is 12.8 Å². The number of nitrogens with zero attached hydrogens (tertiary/aromatic N) is 4. The van der Waals surface area contributed by atoms with Crippen molar-refractivity contribution in [1.29, 1.82) is 0 Å². The van der Waals surface area contributed by atoms with Crippen molar-refractivity contribution < 1.29 is 4.79 Å². The first-order valence-corrected chi connectivity index (χ1v) is 8.62. The minimum atomic E-state index is 0. The molecule has 1 N–H and O–H groups in total. The van der Waals surface area contributed by atoms with Crippen LogP contribution in [0.3, 0.4) is 0 Å². The maximum absolute atomic E-state index is 12.8. The van der Waals surface area contributed by atoms with Crippen LogP contribution in [-0.2, 0) is 0 Å². The highest BCUT2D eigenvalue weighted by molar-refractivity contribution is 5.93. The van der Waals surface area contributed by atoms with Crippen molar-refractivity contribution in [1.82, 2.24) is 25.2 Å². The smallest absolute Gasteiger partial charge is 0.276 e. The summed E-state index contributed by atoms with van der Waals surface area (Å²) in [4.78, 5) is 14.8. The summed E-state index contributed by atoms with van der Waals surface area (Å²) < 4.78 is 1.97. The van der Waals surface area contributed by atoms with E-state index in [9.17, 15) is 4.79 Å². The molecule has 1 saturated heterocycles. The summed E-state index contributed by atoms with van der Waals surface area (Å²) in [7, 11) is 0. The molecule has 0 radical (unpaired) electrons. The molecule has 2 heterocycles. The molecule has 1 saturated carbocycles. The fourth-order valence-corrected chi connectivity index (χ4v) is 3.24. The quantitative estimate of drug-likeness (QED) is 0.861. The van der Waals surface area contributed by atoms with Gasteiger partial charge in [-0.2, -0.15) is 0 Å². The Morgan fingerprint density at radius 2 is 2.00 bits per heavy atom. The van der Waals surface area contributed by atoms with Gasteiger partial charge in [0, 0.05) is 13.1 Å². The van der Waals surface area contributed by atoms with Crippen molar-refractivity contribution in [3.8, 4) is 0 Å². The van der Waals surface area contributed by atoms with Gasteiger partial charge in [0.2, 0.25) is 0 Å². The summed E-state index contributed by atoms with van der Waals surface area (Å²) in [5, 5.41) is 11.9. The highest BCUT2D eigenvalue weighted by Crippen LogP contribution is 2.30. The lowest BCUT2D eigenvalue weighted by atomic mass is 10.1. The van der Waals surface area contributed by atoms with Gasteiger partial charge in [-0.25, -0.2) is 4.68 Å². The molecular weight excluding hydrogens is 314 g/mol. The zero-order valence-electron chi connectivity index (χ0n) is 14.1. The van der Waals surface area contributed by atoms with Gasteiger partial charge >= 0.3 is 0 Å². The second-order valence-corrected chi connectivity index (χ2v) is 6.64. The zero-order chi connectivity index (χ0) is 15.5. The van der Waals surface area contributed by atoms with Crippen LogP contribution in [0.4, 0.5) is 0 Å². The summed E-state index contributed by atoms with van der Waals surface area (Å²) >= 11 is 0. The highest BCUT2D eigenvalue weighted by Gasteiger charge is 2.30. The summed E-state index contributed by atoms with van der Waals surface area (Å²) in [6.45, 7) is 7.82. The first-order valence-electron chi connectivity index (χ1n) is 8.62. The van der Waals surface area contributed by atoms with E-state index in [4.69, 9.17) is 0 Å². The number of hydrogen-bond donors (Lipinski definition) is 1. The lowest BCUT2D eigenvalue weighted by Gasteiger charge is -2.24. The molecule has 2 aliphatic rings. The molecule has 23 heavy (non-hydrogen) atoms. The van der Waals surface area contributed by atoms with Gasteiger partial charge in [0.15, 0.2) is 5.69 Å². The van der Waals surface area contributed by atoms with Gasteiger partial charge in [-0.3, -0.25) is 4.79 Å². The molecule has 0 atom stereocenters. The van der Waals surface area contributed by atoms with Crippen molar-refractivity contribution in [3.63, 3.8) is 0 Å². The fourth-order valence-electron chi connectivity index (χ4n) is 3.24. The molecule has 1 aromatic heterocycles. The fraction of sp³-hybridized carbons (Fsp3) is 0.812. The van der Waals surface area contributed by atoms with Gasteiger partial charge in [-0.05, 0) is 58.0 Å². The average Bonchev–Trinajstić information content (AvgIpc) is 3.27. The van der Waals surface area contributed by atoms with Gasteiger partial charge in [0.25, 0.3) is 5.91 Å². The Morgan fingerprint density at radius 1 is 1.30 bits per heavy atom. The second kappa shape index (κ2) is 8.11. The molecule has 7 heteroatoms. The first kappa shape index (κ1) is 18.2. The lowest BCUT2D eigenvalue weighted by molar-refractivity contribution is 0.0741. The van der Waals surface area contributed by atoms with Crippen LogP contribution in [0.1, 0.15) is 61.3 Å². The molecule has 0 unspecified atom stereocenters. The van der Waals surface area contributed by atoms with Crippen LogP contribution >= 0.6 is 12.4 Å². The standard InChI is InChI=1S/C16H27N5O.ClH/c1-3-10-20(11-13-4-5-13)16(22)15-12(2)21(19-18-15)14-6-8-17-9-7-14;/h13-14,17H,3-11H2,1-2H3;1H. The normalized spacial score (nSPS) is 18.5. The average molecular weight is 342 g/mol. The van der Waals surface area contributed by atoms with Crippen LogP contribution in [0, 0.1) is 12.8 Å². The maximum atomic E-state index is 12.8. The minimum absolute atomic E-state index is 0. The number of nitrogens with one attached hydrogen (secondary N) is 1. The summed E-state index contributed by atoms with van der Waals surface area (Å²) in [5.74, 6) is 0.765. The molecule has 0 spiro atoms. The number of rotatable bonds is 6. The van der Waals surface area contributed by atoms with Crippen molar-refractivity contribution in [2.45, 2.75) is 52.0 Å². The maximum Gasteiger partial charge on any atom is 0.276 e. The van der Waals surface area contributed by atoms with E-state index in [0.717, 1.165) is 51.1 Å². The third-order valence-electron chi connectivity index (χ3n) is 4.74. The number of amides is 1. The van der Waals surface area contributed by atoms with E-state index >= 15 is 0 Å². The monoisotopic (exact) mass is 341 g/mol. The summed E-state index contributed by atoms with van der Waals surface area (Å²) in [6.07, 6.45) is 5.61. The molecule has 0 aromatic carbocycles. The van der Waals surface area contributed by atoms with Crippen molar-refractivity contribution >= 4 is 18.3 Å². The number of piperidine rings is 1. The van der Waals surface area contributed by atoms with E-state index in [2.05, 4.69) is 22.6 Å². The Balaban J connectivity index is 0.00000192. The Hall–Kier alpha value is -1.14. The number of halogens is 1. The van der Waals surface area contributed by atoms with Crippen LogP contribution < -0.4 is 5.32 Å². The molecule has 0 bridgehead atoms. The van der Waals surface area contributed by atoms with Gasteiger partial charge in [-0.1, -0.05) is 12.1 Å². The number of aromatic nitrogens is 3. The summed E-state index contributed by atoms with van der Waals surface area (Å²) in [6, 6.07) is 0.373. The Bertz CT molecular complexity index is 523. The SMILES string of the molecule is CCCN(CC1CC1)C(=O)c1nnn(C2CCNCC2)c1C.Cl. The number of carbonyl (C=O) groups excluding carboxylic acids is 1. The molecule has 130 valence electrons. The topological polar surface area (TPSA) is 63.1 Å².